The number of nitrogens with zero attached hydrogens (tertiary/aromatic N) is 2. The number of aromatic nitrogens is 2. The number of anilines is 2. The van der Waals surface area contributed by atoms with Gasteiger partial charge < -0.3 is 16.4 Å². The van der Waals surface area contributed by atoms with E-state index in [0.29, 0.717) is 18.3 Å². The second-order valence-electron chi connectivity index (χ2n) is 6.07. The molecule has 0 radical (unpaired) electrons. The largest absolute Gasteiger partial charge is 0.383 e. The summed E-state index contributed by atoms with van der Waals surface area (Å²) in [5.41, 5.74) is 6.02. The molecule has 1 aliphatic heterocycles. The number of aryl methyl sites for hydroxylation is 1. The molecule has 0 bridgehead atoms. The van der Waals surface area contributed by atoms with Crippen molar-refractivity contribution in [2.45, 2.75) is 44.2 Å². The lowest BCUT2D eigenvalue weighted by molar-refractivity contribution is 0.491. The van der Waals surface area contributed by atoms with E-state index in [2.05, 4.69) is 29.6 Å². The van der Waals surface area contributed by atoms with Gasteiger partial charge in [-0.3, -0.25) is 0 Å². The number of rotatable bonds is 6. The molecule has 1 unspecified atom stereocenters. The van der Waals surface area contributed by atoms with Crippen molar-refractivity contribution in [1.29, 1.82) is 0 Å². The van der Waals surface area contributed by atoms with E-state index in [1.807, 2.05) is 0 Å². The van der Waals surface area contributed by atoms with Crippen molar-refractivity contribution in [3.05, 3.63) is 0 Å². The molecule has 1 aliphatic rings. The highest BCUT2D eigenvalue weighted by Crippen LogP contribution is 2.28. The van der Waals surface area contributed by atoms with Gasteiger partial charge in [0.05, 0.1) is 0 Å². The fourth-order valence-corrected chi connectivity index (χ4v) is 3.38. The average Bonchev–Trinajstić information content (AvgIpc) is 2.94. The molecule has 1 fully saturated rings. The van der Waals surface area contributed by atoms with Crippen molar-refractivity contribution in [1.82, 2.24) is 15.1 Å². The van der Waals surface area contributed by atoms with E-state index >= 15 is 0 Å². The fraction of sp³-hybridized carbons (Fsp3) is 0.769. The lowest BCUT2D eigenvalue weighted by Crippen LogP contribution is -2.23. The molecule has 0 aromatic carbocycles. The molecule has 8 heteroatoms. The smallest absolute Gasteiger partial charge is 0.182 e. The summed E-state index contributed by atoms with van der Waals surface area (Å²) in [4.78, 5) is 0.123. The summed E-state index contributed by atoms with van der Waals surface area (Å²) in [6, 6.07) is 0.193. The Morgan fingerprint density at radius 1 is 1.52 bits per heavy atom. The standard InChI is InChI=1S/C13H25N5O2S/c1-9(2)5-7-18-12(14)11(21(3,19)20)13(17-18)16-10-4-6-15-8-10/h9-10,15H,4-8,14H2,1-3H3,(H,16,17). The molecule has 1 atom stereocenters. The van der Waals surface area contributed by atoms with Crippen LogP contribution in [0.5, 0.6) is 0 Å². The second-order valence-corrected chi connectivity index (χ2v) is 8.03. The van der Waals surface area contributed by atoms with E-state index in [9.17, 15) is 8.42 Å². The Bertz CT molecular complexity index is 588. The van der Waals surface area contributed by atoms with Crippen LogP contribution in [0.1, 0.15) is 26.7 Å². The Balaban J connectivity index is 2.30. The van der Waals surface area contributed by atoms with E-state index in [-0.39, 0.29) is 16.8 Å². The highest BCUT2D eigenvalue weighted by atomic mass is 32.2. The number of hydrogen-bond acceptors (Lipinski definition) is 6. The third-order valence-corrected chi connectivity index (χ3v) is 4.78. The van der Waals surface area contributed by atoms with E-state index in [1.54, 1.807) is 4.68 Å². The molecule has 0 saturated carbocycles. The third-order valence-electron chi connectivity index (χ3n) is 3.64. The lowest BCUT2D eigenvalue weighted by Gasteiger charge is -2.11. The third kappa shape index (κ3) is 3.88. The van der Waals surface area contributed by atoms with E-state index in [4.69, 9.17) is 5.73 Å². The summed E-state index contributed by atoms with van der Waals surface area (Å²) >= 11 is 0. The van der Waals surface area contributed by atoms with Crippen molar-refractivity contribution in [3.8, 4) is 0 Å². The lowest BCUT2D eigenvalue weighted by atomic mass is 10.1. The van der Waals surface area contributed by atoms with Gasteiger partial charge in [0.1, 0.15) is 5.82 Å². The monoisotopic (exact) mass is 315 g/mol. The number of nitrogens with one attached hydrogen (secondary N) is 2. The van der Waals surface area contributed by atoms with Crippen LogP contribution in [0.2, 0.25) is 0 Å². The zero-order valence-electron chi connectivity index (χ0n) is 12.9. The molecule has 7 nitrogen and oxygen atoms in total. The quantitative estimate of drug-likeness (QED) is 0.714. The fourth-order valence-electron chi connectivity index (χ4n) is 2.44. The van der Waals surface area contributed by atoms with Gasteiger partial charge in [-0.1, -0.05) is 13.8 Å². The van der Waals surface area contributed by atoms with Gasteiger partial charge in [0, 0.05) is 25.4 Å². The van der Waals surface area contributed by atoms with Crippen molar-refractivity contribution < 1.29 is 8.42 Å². The number of nitrogen functional groups attached to an aromatic ring is 1. The van der Waals surface area contributed by atoms with Crippen LogP contribution in [0.3, 0.4) is 0 Å². The van der Waals surface area contributed by atoms with Crippen LogP contribution in [0.15, 0.2) is 4.90 Å². The van der Waals surface area contributed by atoms with Crippen LogP contribution < -0.4 is 16.4 Å². The molecule has 4 N–H and O–H groups in total. The van der Waals surface area contributed by atoms with E-state index < -0.39 is 9.84 Å². The van der Waals surface area contributed by atoms with Gasteiger partial charge >= 0.3 is 0 Å². The summed E-state index contributed by atoms with van der Waals surface area (Å²) in [7, 11) is -3.41. The molecule has 0 amide bonds. The van der Waals surface area contributed by atoms with Crippen LogP contribution in [-0.2, 0) is 16.4 Å². The maximum absolute atomic E-state index is 12.0. The molecule has 2 rings (SSSR count). The predicted molar refractivity (Wildman–Crippen MR) is 84.1 cm³/mol. The summed E-state index contributed by atoms with van der Waals surface area (Å²) in [6.45, 7) is 6.58. The van der Waals surface area contributed by atoms with Gasteiger partial charge in [-0.25, -0.2) is 13.1 Å². The Labute approximate surface area is 126 Å². The normalized spacial score (nSPS) is 19.3. The Morgan fingerprint density at radius 3 is 2.76 bits per heavy atom. The zero-order chi connectivity index (χ0) is 15.6. The second kappa shape index (κ2) is 6.23. The van der Waals surface area contributed by atoms with Crippen LogP contribution in [0.4, 0.5) is 11.6 Å². The summed E-state index contributed by atoms with van der Waals surface area (Å²) in [6.07, 6.45) is 3.02. The molecule has 2 heterocycles. The van der Waals surface area contributed by atoms with Crippen LogP contribution >= 0.6 is 0 Å². The predicted octanol–water partition coefficient (Wildman–Crippen LogP) is 0.689. The van der Waals surface area contributed by atoms with Crippen molar-refractivity contribution in [2.75, 3.05) is 30.4 Å². The molecule has 120 valence electrons. The molecule has 21 heavy (non-hydrogen) atoms. The topological polar surface area (TPSA) is 102 Å². The molecular weight excluding hydrogens is 290 g/mol. The average molecular weight is 315 g/mol. The van der Waals surface area contributed by atoms with Gasteiger partial charge in [-0.2, -0.15) is 5.10 Å². The molecule has 0 spiro atoms. The van der Waals surface area contributed by atoms with Crippen molar-refractivity contribution in [3.63, 3.8) is 0 Å². The number of hydrogen-bond donors (Lipinski definition) is 3. The van der Waals surface area contributed by atoms with Crippen LogP contribution in [0, 0.1) is 5.92 Å². The Hall–Kier alpha value is -1.28. The van der Waals surface area contributed by atoms with Crippen LogP contribution in [-0.4, -0.2) is 43.6 Å². The SMILES string of the molecule is CC(C)CCn1nc(NC2CCNC2)c(S(C)(=O)=O)c1N. The van der Waals surface area contributed by atoms with Gasteiger partial charge in [0.25, 0.3) is 0 Å². The minimum Gasteiger partial charge on any atom is -0.383 e. The minimum absolute atomic E-state index is 0.123. The Morgan fingerprint density at radius 2 is 2.24 bits per heavy atom. The first-order chi connectivity index (χ1) is 9.79. The summed E-state index contributed by atoms with van der Waals surface area (Å²) in [5, 5.41) is 10.8. The first kappa shape index (κ1) is 16.1. The molecule has 1 aromatic heterocycles. The maximum atomic E-state index is 12.0. The molecular formula is C13H25N5O2S. The number of nitrogens with two attached hydrogens (primary N) is 1. The Kier molecular flexibility index (Phi) is 4.77. The van der Waals surface area contributed by atoms with Gasteiger partial charge in [-0.05, 0) is 25.3 Å². The van der Waals surface area contributed by atoms with E-state index in [0.717, 1.165) is 25.9 Å². The van der Waals surface area contributed by atoms with Gasteiger partial charge in [-0.15, -0.1) is 0 Å². The molecule has 1 saturated heterocycles. The molecule has 0 aliphatic carbocycles. The van der Waals surface area contributed by atoms with Gasteiger partial charge in [0.2, 0.25) is 0 Å². The minimum atomic E-state index is -3.41. The molecule has 1 aromatic rings. The first-order valence-electron chi connectivity index (χ1n) is 7.32. The first-order valence-corrected chi connectivity index (χ1v) is 9.21. The number of sulfone groups is 1. The van der Waals surface area contributed by atoms with Crippen LogP contribution in [0.25, 0.3) is 0 Å². The highest BCUT2D eigenvalue weighted by Gasteiger charge is 2.26. The summed E-state index contributed by atoms with van der Waals surface area (Å²) < 4.78 is 25.6. The highest BCUT2D eigenvalue weighted by molar-refractivity contribution is 7.91. The van der Waals surface area contributed by atoms with Crippen molar-refractivity contribution >= 4 is 21.5 Å². The van der Waals surface area contributed by atoms with E-state index in [1.165, 1.54) is 6.26 Å². The maximum Gasteiger partial charge on any atom is 0.182 e. The van der Waals surface area contributed by atoms with Crippen molar-refractivity contribution in [2.24, 2.45) is 5.92 Å². The van der Waals surface area contributed by atoms with Gasteiger partial charge in [0.15, 0.2) is 20.6 Å². The summed E-state index contributed by atoms with van der Waals surface area (Å²) in [5.74, 6) is 1.12. The zero-order valence-corrected chi connectivity index (χ0v) is 13.7.